The van der Waals surface area contributed by atoms with Crippen LogP contribution in [-0.4, -0.2) is 29.9 Å². The summed E-state index contributed by atoms with van der Waals surface area (Å²) < 4.78 is 38.1. The third-order valence-corrected chi connectivity index (χ3v) is 3.75. The number of amides is 1. The van der Waals surface area contributed by atoms with Crippen LogP contribution in [0.15, 0.2) is 24.3 Å². The Morgan fingerprint density at radius 2 is 2.10 bits per heavy atom. The molecule has 1 aliphatic heterocycles. The molecule has 1 aromatic rings. The SMILES string of the molecule is CC(=O)N1CCC(c2cccc(C(F)(F)F)c2)C(N)C1. The third kappa shape index (κ3) is 3.12. The zero-order valence-corrected chi connectivity index (χ0v) is 11.2. The van der Waals surface area contributed by atoms with Gasteiger partial charge in [-0.25, -0.2) is 0 Å². The molecule has 1 heterocycles. The van der Waals surface area contributed by atoms with E-state index in [1.807, 2.05) is 0 Å². The van der Waals surface area contributed by atoms with E-state index in [9.17, 15) is 18.0 Å². The van der Waals surface area contributed by atoms with Crippen molar-refractivity contribution in [2.75, 3.05) is 13.1 Å². The largest absolute Gasteiger partial charge is 0.416 e. The minimum absolute atomic E-state index is 0.0528. The lowest BCUT2D eigenvalue weighted by Crippen LogP contribution is -2.48. The minimum atomic E-state index is -4.35. The summed E-state index contributed by atoms with van der Waals surface area (Å²) in [6, 6.07) is 4.95. The molecule has 2 rings (SSSR count). The maximum atomic E-state index is 12.7. The maximum Gasteiger partial charge on any atom is 0.416 e. The van der Waals surface area contributed by atoms with E-state index in [-0.39, 0.29) is 17.9 Å². The molecule has 2 N–H and O–H groups in total. The molecule has 1 aliphatic rings. The van der Waals surface area contributed by atoms with Gasteiger partial charge in [-0.2, -0.15) is 13.2 Å². The minimum Gasteiger partial charge on any atom is -0.341 e. The Hall–Kier alpha value is -1.56. The molecule has 110 valence electrons. The number of carbonyl (C=O) groups excluding carboxylic acids is 1. The molecule has 1 aromatic carbocycles. The number of alkyl halides is 3. The Kier molecular flexibility index (Phi) is 4.04. The number of halogens is 3. The summed E-state index contributed by atoms with van der Waals surface area (Å²) in [5.74, 6) is -0.198. The average Bonchev–Trinajstić information content (AvgIpc) is 2.37. The molecule has 20 heavy (non-hydrogen) atoms. The molecule has 1 fully saturated rings. The number of hydrogen-bond donors (Lipinski definition) is 1. The summed E-state index contributed by atoms with van der Waals surface area (Å²) >= 11 is 0. The van der Waals surface area contributed by atoms with Crippen LogP contribution in [0.25, 0.3) is 0 Å². The normalized spacial score (nSPS) is 23.8. The van der Waals surface area contributed by atoms with Gasteiger partial charge in [-0.3, -0.25) is 4.79 Å². The van der Waals surface area contributed by atoms with Crippen molar-refractivity contribution < 1.29 is 18.0 Å². The van der Waals surface area contributed by atoms with Crippen LogP contribution in [0.4, 0.5) is 13.2 Å². The number of piperidine rings is 1. The standard InChI is InChI=1S/C14H17F3N2O/c1-9(20)19-6-5-12(13(18)8-19)10-3-2-4-11(7-10)14(15,16)17/h2-4,7,12-13H,5-6,8,18H2,1H3. The second kappa shape index (κ2) is 5.44. The van der Waals surface area contributed by atoms with Crippen LogP contribution < -0.4 is 5.73 Å². The number of hydrogen-bond acceptors (Lipinski definition) is 2. The third-order valence-electron chi connectivity index (χ3n) is 3.75. The lowest BCUT2D eigenvalue weighted by atomic mass is 9.85. The van der Waals surface area contributed by atoms with Crippen molar-refractivity contribution in [3.05, 3.63) is 35.4 Å². The number of likely N-dealkylation sites (tertiary alicyclic amines) is 1. The van der Waals surface area contributed by atoms with Crippen molar-refractivity contribution in [1.29, 1.82) is 0 Å². The van der Waals surface area contributed by atoms with Crippen LogP contribution in [0.5, 0.6) is 0 Å². The molecule has 0 aliphatic carbocycles. The second-order valence-electron chi connectivity index (χ2n) is 5.15. The smallest absolute Gasteiger partial charge is 0.341 e. The van der Waals surface area contributed by atoms with Crippen molar-refractivity contribution in [3.8, 4) is 0 Å². The molecule has 0 aromatic heterocycles. The number of nitrogens with zero attached hydrogens (tertiary/aromatic N) is 1. The van der Waals surface area contributed by atoms with Gasteiger partial charge in [0.25, 0.3) is 0 Å². The highest BCUT2D eigenvalue weighted by Gasteiger charge is 2.33. The highest BCUT2D eigenvalue weighted by Crippen LogP contribution is 2.33. The van der Waals surface area contributed by atoms with Crippen molar-refractivity contribution in [2.24, 2.45) is 5.73 Å². The predicted molar refractivity (Wildman–Crippen MR) is 69.0 cm³/mol. The van der Waals surface area contributed by atoms with Gasteiger partial charge < -0.3 is 10.6 Å². The van der Waals surface area contributed by atoms with Gasteiger partial charge in [0.1, 0.15) is 0 Å². The molecule has 6 heteroatoms. The predicted octanol–water partition coefficient (Wildman–Crippen LogP) is 2.37. The highest BCUT2D eigenvalue weighted by atomic mass is 19.4. The quantitative estimate of drug-likeness (QED) is 0.861. The van der Waals surface area contributed by atoms with Gasteiger partial charge in [0.15, 0.2) is 0 Å². The molecule has 2 atom stereocenters. The first-order valence-corrected chi connectivity index (χ1v) is 6.47. The number of nitrogens with two attached hydrogens (primary N) is 1. The molecule has 1 amide bonds. The Morgan fingerprint density at radius 1 is 1.40 bits per heavy atom. The Bertz CT molecular complexity index is 501. The summed E-state index contributed by atoms with van der Waals surface area (Å²) in [5.41, 5.74) is 5.96. The van der Waals surface area contributed by atoms with Crippen molar-refractivity contribution in [1.82, 2.24) is 4.90 Å². The molecule has 0 spiro atoms. The number of benzene rings is 1. The second-order valence-corrected chi connectivity index (χ2v) is 5.15. The van der Waals surface area contributed by atoms with E-state index < -0.39 is 11.7 Å². The molecule has 0 radical (unpaired) electrons. The van der Waals surface area contributed by atoms with Gasteiger partial charge in [-0.1, -0.05) is 18.2 Å². The van der Waals surface area contributed by atoms with E-state index in [1.165, 1.54) is 13.0 Å². The van der Waals surface area contributed by atoms with Crippen LogP contribution in [0.3, 0.4) is 0 Å². The van der Waals surface area contributed by atoms with E-state index >= 15 is 0 Å². The summed E-state index contributed by atoms with van der Waals surface area (Å²) in [5, 5.41) is 0. The molecule has 0 saturated carbocycles. The van der Waals surface area contributed by atoms with Gasteiger partial charge in [0, 0.05) is 32.0 Å². The Morgan fingerprint density at radius 3 is 2.65 bits per heavy atom. The molecular weight excluding hydrogens is 269 g/mol. The highest BCUT2D eigenvalue weighted by molar-refractivity contribution is 5.73. The van der Waals surface area contributed by atoms with E-state index in [2.05, 4.69) is 0 Å². The summed E-state index contributed by atoms with van der Waals surface area (Å²) in [6.07, 6.45) is -3.76. The van der Waals surface area contributed by atoms with Crippen LogP contribution in [0, 0.1) is 0 Å². The van der Waals surface area contributed by atoms with Crippen LogP contribution in [-0.2, 0) is 11.0 Å². The molecular formula is C14H17F3N2O. The van der Waals surface area contributed by atoms with E-state index in [4.69, 9.17) is 5.73 Å². The van der Waals surface area contributed by atoms with Crippen LogP contribution in [0.2, 0.25) is 0 Å². The lowest BCUT2D eigenvalue weighted by Gasteiger charge is -2.36. The first-order valence-electron chi connectivity index (χ1n) is 6.47. The van der Waals surface area contributed by atoms with Crippen molar-refractivity contribution in [2.45, 2.75) is 31.5 Å². The van der Waals surface area contributed by atoms with Crippen LogP contribution in [0.1, 0.15) is 30.4 Å². The van der Waals surface area contributed by atoms with Crippen molar-refractivity contribution in [3.63, 3.8) is 0 Å². The van der Waals surface area contributed by atoms with E-state index in [0.717, 1.165) is 12.1 Å². The number of carbonyl (C=O) groups is 1. The summed E-state index contributed by atoms with van der Waals surface area (Å²) in [4.78, 5) is 12.9. The average molecular weight is 286 g/mol. The van der Waals surface area contributed by atoms with Crippen LogP contribution >= 0.6 is 0 Å². The Balaban J connectivity index is 2.19. The Labute approximate surface area is 115 Å². The fourth-order valence-corrected chi connectivity index (χ4v) is 2.63. The lowest BCUT2D eigenvalue weighted by molar-refractivity contribution is -0.137. The first kappa shape index (κ1) is 14.8. The van der Waals surface area contributed by atoms with Gasteiger partial charge in [0.2, 0.25) is 5.91 Å². The van der Waals surface area contributed by atoms with E-state index in [1.54, 1.807) is 11.0 Å². The summed E-state index contributed by atoms with van der Waals surface area (Å²) in [6.45, 7) is 2.39. The maximum absolute atomic E-state index is 12.7. The first-order chi connectivity index (χ1) is 9.29. The van der Waals surface area contributed by atoms with Gasteiger partial charge in [-0.05, 0) is 18.1 Å². The molecule has 0 bridgehead atoms. The fourth-order valence-electron chi connectivity index (χ4n) is 2.63. The van der Waals surface area contributed by atoms with Gasteiger partial charge >= 0.3 is 6.18 Å². The zero-order chi connectivity index (χ0) is 14.9. The molecule has 1 saturated heterocycles. The fraction of sp³-hybridized carbons (Fsp3) is 0.500. The van der Waals surface area contributed by atoms with Gasteiger partial charge in [-0.15, -0.1) is 0 Å². The molecule has 3 nitrogen and oxygen atoms in total. The summed E-state index contributed by atoms with van der Waals surface area (Å²) in [7, 11) is 0. The van der Waals surface area contributed by atoms with Crippen molar-refractivity contribution >= 4 is 5.91 Å². The molecule has 2 unspecified atom stereocenters. The topological polar surface area (TPSA) is 46.3 Å². The monoisotopic (exact) mass is 286 g/mol. The number of rotatable bonds is 1. The zero-order valence-electron chi connectivity index (χ0n) is 11.2. The van der Waals surface area contributed by atoms with Gasteiger partial charge in [0.05, 0.1) is 5.56 Å². The van der Waals surface area contributed by atoms with E-state index in [0.29, 0.717) is 25.1 Å².